The van der Waals surface area contributed by atoms with Crippen molar-refractivity contribution in [2.45, 2.75) is 6.18 Å². The lowest BCUT2D eigenvalue weighted by Gasteiger charge is -2.34. The summed E-state index contributed by atoms with van der Waals surface area (Å²) in [5.74, 6) is -0.903. The molecule has 1 fully saturated rings. The number of benzene rings is 1. The van der Waals surface area contributed by atoms with Gasteiger partial charge in [0, 0.05) is 36.9 Å². The molecule has 1 saturated heterocycles. The zero-order valence-corrected chi connectivity index (χ0v) is 16.4. The molecule has 30 heavy (non-hydrogen) atoms. The monoisotopic (exact) mass is 439 g/mol. The molecule has 1 aliphatic heterocycles. The van der Waals surface area contributed by atoms with Crippen molar-refractivity contribution in [1.82, 2.24) is 24.7 Å². The zero-order valence-electron chi connectivity index (χ0n) is 15.6. The van der Waals surface area contributed by atoms with E-state index in [0.29, 0.717) is 47.2 Å². The lowest BCUT2D eigenvalue weighted by Crippen LogP contribution is -2.49. The summed E-state index contributed by atoms with van der Waals surface area (Å²) < 4.78 is 39.8. The third kappa shape index (κ3) is 4.46. The van der Waals surface area contributed by atoms with Crippen LogP contribution in [0.2, 0.25) is 5.02 Å². The van der Waals surface area contributed by atoms with E-state index in [0.717, 1.165) is 0 Å². The second-order valence-electron chi connectivity index (χ2n) is 6.80. The topological polar surface area (TPSA) is 78.7 Å². The van der Waals surface area contributed by atoms with Crippen LogP contribution in [0.5, 0.6) is 0 Å². The van der Waals surface area contributed by atoms with Gasteiger partial charge in [0.25, 0.3) is 5.82 Å². The fourth-order valence-electron chi connectivity index (χ4n) is 3.20. The Labute approximate surface area is 174 Å². The van der Waals surface area contributed by atoms with Crippen molar-refractivity contribution in [2.75, 3.05) is 42.9 Å². The smallest absolute Gasteiger partial charge is 0.353 e. The van der Waals surface area contributed by atoms with Gasteiger partial charge in [0.05, 0.1) is 6.54 Å². The minimum atomic E-state index is -4.64. The minimum Gasteiger partial charge on any atom is -0.353 e. The number of anilines is 2. The van der Waals surface area contributed by atoms with Gasteiger partial charge in [-0.2, -0.15) is 17.7 Å². The number of nitrogens with zero attached hydrogens (tertiary/aromatic N) is 6. The highest BCUT2D eigenvalue weighted by atomic mass is 35.5. The highest BCUT2D eigenvalue weighted by Crippen LogP contribution is 2.28. The van der Waals surface area contributed by atoms with Gasteiger partial charge in [-0.3, -0.25) is 9.69 Å². The molecule has 0 spiro atoms. The van der Waals surface area contributed by atoms with Gasteiger partial charge in [0.2, 0.25) is 5.91 Å². The van der Waals surface area contributed by atoms with Gasteiger partial charge < -0.3 is 10.2 Å². The van der Waals surface area contributed by atoms with E-state index in [-0.39, 0.29) is 18.1 Å². The fourth-order valence-corrected chi connectivity index (χ4v) is 3.32. The van der Waals surface area contributed by atoms with Crippen LogP contribution in [0.15, 0.2) is 36.4 Å². The molecule has 158 valence electrons. The molecule has 1 aromatic carbocycles. The van der Waals surface area contributed by atoms with Crippen molar-refractivity contribution in [2.24, 2.45) is 0 Å². The standard InChI is InChI=1S/C18H17ClF3N7O/c19-12-1-3-13(4-2-12)23-16(30)11-27-7-9-28(10-8-27)15-6-5-14-24-25-17(18(20,21)22)29(14)26-15/h1-6H,7-11H2,(H,23,30). The average molecular weight is 440 g/mol. The van der Waals surface area contributed by atoms with Gasteiger partial charge in [0.15, 0.2) is 5.65 Å². The van der Waals surface area contributed by atoms with E-state index in [4.69, 9.17) is 11.6 Å². The first-order valence-electron chi connectivity index (χ1n) is 9.12. The van der Waals surface area contributed by atoms with Crippen LogP contribution in [0.3, 0.4) is 0 Å². The normalized spacial score (nSPS) is 15.5. The molecule has 12 heteroatoms. The summed E-state index contributed by atoms with van der Waals surface area (Å²) in [4.78, 5) is 16.1. The molecule has 0 atom stereocenters. The summed E-state index contributed by atoms with van der Waals surface area (Å²) in [6.45, 7) is 2.41. The van der Waals surface area contributed by atoms with Gasteiger partial charge in [-0.1, -0.05) is 11.6 Å². The van der Waals surface area contributed by atoms with E-state index in [9.17, 15) is 18.0 Å². The third-order valence-corrected chi connectivity index (χ3v) is 4.95. The molecule has 2 aromatic heterocycles. The van der Waals surface area contributed by atoms with E-state index in [1.807, 2.05) is 9.80 Å². The predicted molar refractivity (Wildman–Crippen MR) is 105 cm³/mol. The van der Waals surface area contributed by atoms with Crippen molar-refractivity contribution in [3.05, 3.63) is 47.2 Å². The van der Waals surface area contributed by atoms with Crippen molar-refractivity contribution < 1.29 is 18.0 Å². The number of carbonyl (C=O) groups excluding carboxylic acids is 1. The van der Waals surface area contributed by atoms with Gasteiger partial charge >= 0.3 is 6.18 Å². The molecule has 1 N–H and O–H groups in total. The molecule has 0 radical (unpaired) electrons. The molecule has 0 saturated carbocycles. The highest BCUT2D eigenvalue weighted by molar-refractivity contribution is 6.30. The lowest BCUT2D eigenvalue weighted by molar-refractivity contribution is -0.146. The Balaban J connectivity index is 1.36. The molecule has 0 aliphatic carbocycles. The number of carbonyl (C=O) groups is 1. The summed E-state index contributed by atoms with van der Waals surface area (Å²) in [5.41, 5.74) is 0.693. The van der Waals surface area contributed by atoms with Crippen molar-refractivity contribution in [1.29, 1.82) is 0 Å². The van der Waals surface area contributed by atoms with Gasteiger partial charge in [0.1, 0.15) is 5.82 Å². The van der Waals surface area contributed by atoms with Gasteiger partial charge in [-0.25, -0.2) is 0 Å². The first-order valence-corrected chi connectivity index (χ1v) is 9.50. The van der Waals surface area contributed by atoms with Crippen molar-refractivity contribution in [3.63, 3.8) is 0 Å². The lowest BCUT2D eigenvalue weighted by atomic mass is 10.3. The van der Waals surface area contributed by atoms with Crippen LogP contribution in [0.25, 0.3) is 5.65 Å². The third-order valence-electron chi connectivity index (χ3n) is 4.69. The summed E-state index contributed by atoms with van der Waals surface area (Å²) in [5, 5.41) is 14.1. The Morgan fingerprint density at radius 2 is 1.73 bits per heavy atom. The maximum Gasteiger partial charge on any atom is 0.453 e. The molecule has 0 unspecified atom stereocenters. The van der Waals surface area contributed by atoms with Crippen LogP contribution in [0.4, 0.5) is 24.7 Å². The maximum absolute atomic E-state index is 13.0. The largest absolute Gasteiger partial charge is 0.453 e. The van der Waals surface area contributed by atoms with E-state index in [1.54, 1.807) is 30.3 Å². The molecule has 0 bridgehead atoms. The number of nitrogens with one attached hydrogen (secondary N) is 1. The Morgan fingerprint density at radius 1 is 1.03 bits per heavy atom. The molecule has 8 nitrogen and oxygen atoms in total. The second kappa shape index (κ2) is 8.07. The Morgan fingerprint density at radius 3 is 2.40 bits per heavy atom. The molecular weight excluding hydrogens is 423 g/mol. The molecule has 4 rings (SSSR count). The highest BCUT2D eigenvalue weighted by Gasteiger charge is 2.37. The number of halogens is 4. The summed E-state index contributed by atoms with van der Waals surface area (Å²) in [6, 6.07) is 9.91. The van der Waals surface area contributed by atoms with Gasteiger partial charge in [-0.05, 0) is 36.4 Å². The predicted octanol–water partition coefficient (Wildman–Crippen LogP) is 2.56. The first-order chi connectivity index (χ1) is 14.3. The molecule has 1 aliphatic rings. The molecular formula is C18H17ClF3N7O. The van der Waals surface area contributed by atoms with E-state index >= 15 is 0 Å². The Kier molecular flexibility index (Phi) is 5.48. The Hall–Kier alpha value is -2.92. The van der Waals surface area contributed by atoms with E-state index in [1.165, 1.54) is 6.07 Å². The number of amides is 1. The second-order valence-corrected chi connectivity index (χ2v) is 7.24. The Bertz CT molecular complexity index is 1050. The van der Waals surface area contributed by atoms with Crippen LogP contribution in [0, 0.1) is 0 Å². The quantitative estimate of drug-likeness (QED) is 0.673. The van der Waals surface area contributed by atoms with E-state index < -0.39 is 12.0 Å². The zero-order chi connectivity index (χ0) is 21.3. The molecule has 3 heterocycles. The molecule has 1 amide bonds. The van der Waals surface area contributed by atoms with Crippen LogP contribution in [-0.2, 0) is 11.0 Å². The van der Waals surface area contributed by atoms with E-state index in [2.05, 4.69) is 20.6 Å². The summed E-state index contributed by atoms with van der Waals surface area (Å²) >= 11 is 5.83. The number of fused-ring (bicyclic) bond motifs is 1. The van der Waals surface area contributed by atoms with Crippen LogP contribution < -0.4 is 10.2 Å². The number of piperazine rings is 1. The number of hydrogen-bond donors (Lipinski definition) is 1. The molecule has 3 aromatic rings. The van der Waals surface area contributed by atoms with Crippen LogP contribution in [-0.4, -0.2) is 63.3 Å². The number of rotatable bonds is 4. The average Bonchev–Trinajstić information content (AvgIpc) is 3.14. The number of hydrogen-bond acceptors (Lipinski definition) is 6. The SMILES string of the molecule is O=C(CN1CCN(c2ccc3nnc(C(F)(F)F)n3n2)CC1)Nc1ccc(Cl)cc1. The number of alkyl halides is 3. The fraction of sp³-hybridized carbons (Fsp3) is 0.333. The minimum absolute atomic E-state index is 0.0311. The van der Waals surface area contributed by atoms with Crippen molar-refractivity contribution in [3.8, 4) is 0 Å². The van der Waals surface area contributed by atoms with Gasteiger partial charge in [-0.15, -0.1) is 15.3 Å². The summed E-state index contributed by atoms with van der Waals surface area (Å²) in [6.07, 6.45) is -4.64. The van der Waals surface area contributed by atoms with Crippen LogP contribution >= 0.6 is 11.6 Å². The number of aromatic nitrogens is 4. The van der Waals surface area contributed by atoms with Crippen molar-refractivity contribution >= 4 is 34.7 Å². The maximum atomic E-state index is 13.0. The summed E-state index contributed by atoms with van der Waals surface area (Å²) in [7, 11) is 0. The first kappa shape index (κ1) is 20.4. The van der Waals surface area contributed by atoms with Crippen LogP contribution in [0.1, 0.15) is 5.82 Å².